The summed E-state index contributed by atoms with van der Waals surface area (Å²) in [7, 11) is 0. The van der Waals surface area contributed by atoms with Crippen LogP contribution in [0.1, 0.15) is 51.7 Å². The Morgan fingerprint density at radius 2 is 1.90 bits per heavy atom. The second kappa shape index (κ2) is 8.79. The van der Waals surface area contributed by atoms with Crippen LogP contribution < -0.4 is 5.32 Å². The highest BCUT2D eigenvalue weighted by Gasteiger charge is 2.23. The lowest BCUT2D eigenvalue weighted by atomic mass is 10.1. The Balaban J connectivity index is 1.43. The highest BCUT2D eigenvalue weighted by atomic mass is 16.1. The van der Waals surface area contributed by atoms with Crippen molar-refractivity contribution in [3.8, 4) is 0 Å². The first kappa shape index (κ1) is 20.3. The number of nitrogens with zero attached hydrogens (tertiary/aromatic N) is 4. The van der Waals surface area contributed by atoms with Gasteiger partial charge in [-0.3, -0.25) is 9.69 Å². The summed E-state index contributed by atoms with van der Waals surface area (Å²) >= 11 is 0. The molecule has 1 aromatic heterocycles. The van der Waals surface area contributed by atoms with Crippen LogP contribution in [-0.4, -0.2) is 38.7 Å². The molecule has 0 aliphatic carbocycles. The molecule has 3 aromatic rings. The van der Waals surface area contributed by atoms with Gasteiger partial charge in [0.1, 0.15) is 5.82 Å². The lowest BCUT2D eigenvalue weighted by molar-refractivity contribution is 0.0937. The van der Waals surface area contributed by atoms with Gasteiger partial charge in [0.25, 0.3) is 5.91 Å². The number of aryl methyl sites for hydroxylation is 2. The van der Waals surface area contributed by atoms with E-state index in [9.17, 15) is 4.79 Å². The lowest BCUT2D eigenvalue weighted by Crippen LogP contribution is -2.30. The molecule has 2 heterocycles. The van der Waals surface area contributed by atoms with Gasteiger partial charge < -0.3 is 9.88 Å². The van der Waals surface area contributed by atoms with Crippen molar-refractivity contribution < 1.29 is 4.79 Å². The van der Waals surface area contributed by atoms with Gasteiger partial charge in [-0.05, 0) is 38.0 Å². The molecular formula is C24H29N5O. The summed E-state index contributed by atoms with van der Waals surface area (Å²) in [5.74, 6) is 1.74. The molecule has 0 unspecified atom stereocenters. The third-order valence-corrected chi connectivity index (χ3v) is 5.76. The van der Waals surface area contributed by atoms with E-state index >= 15 is 0 Å². The summed E-state index contributed by atoms with van der Waals surface area (Å²) < 4.78 is 2.18. The number of benzene rings is 2. The molecule has 156 valence electrons. The molecule has 6 nitrogen and oxygen atoms in total. The highest BCUT2D eigenvalue weighted by Crippen LogP contribution is 2.18. The van der Waals surface area contributed by atoms with E-state index in [0.717, 1.165) is 49.8 Å². The van der Waals surface area contributed by atoms with Crippen molar-refractivity contribution in [2.45, 2.75) is 46.3 Å². The van der Waals surface area contributed by atoms with E-state index in [-0.39, 0.29) is 11.9 Å². The molecule has 1 aliphatic rings. The van der Waals surface area contributed by atoms with Crippen molar-refractivity contribution in [3.05, 3.63) is 82.4 Å². The SMILES string of the molecule is Cc1cccc(CN2CCc3nnc([C@H](C)NC(=O)c4ccccc4C)n3CC2)c1. The molecule has 1 amide bonds. The Morgan fingerprint density at radius 1 is 1.07 bits per heavy atom. The summed E-state index contributed by atoms with van der Waals surface area (Å²) in [6, 6.07) is 16.1. The van der Waals surface area contributed by atoms with Crippen molar-refractivity contribution in [1.29, 1.82) is 0 Å². The zero-order valence-corrected chi connectivity index (χ0v) is 17.9. The van der Waals surface area contributed by atoms with Crippen LogP contribution >= 0.6 is 0 Å². The van der Waals surface area contributed by atoms with Crippen LogP contribution in [0.15, 0.2) is 48.5 Å². The maximum atomic E-state index is 12.7. The normalized spacial score (nSPS) is 15.3. The van der Waals surface area contributed by atoms with E-state index in [2.05, 4.69) is 56.2 Å². The number of aromatic nitrogens is 3. The number of hydrogen-bond donors (Lipinski definition) is 1. The van der Waals surface area contributed by atoms with Gasteiger partial charge in [0.2, 0.25) is 0 Å². The molecule has 0 saturated heterocycles. The Bertz CT molecular complexity index is 1040. The average Bonchev–Trinajstić information content (AvgIpc) is 3.03. The zero-order valence-electron chi connectivity index (χ0n) is 17.9. The van der Waals surface area contributed by atoms with Crippen LogP contribution in [0, 0.1) is 13.8 Å². The zero-order chi connectivity index (χ0) is 21.1. The minimum absolute atomic E-state index is 0.0763. The number of carbonyl (C=O) groups is 1. The largest absolute Gasteiger partial charge is 0.342 e. The minimum atomic E-state index is -0.207. The fourth-order valence-electron chi connectivity index (χ4n) is 4.10. The third kappa shape index (κ3) is 4.44. The molecule has 0 fully saturated rings. The van der Waals surface area contributed by atoms with E-state index in [1.807, 2.05) is 38.1 Å². The molecule has 0 spiro atoms. The number of carbonyl (C=O) groups excluding carboxylic acids is 1. The van der Waals surface area contributed by atoms with Crippen LogP contribution in [0.5, 0.6) is 0 Å². The molecule has 2 aromatic carbocycles. The number of hydrogen-bond acceptors (Lipinski definition) is 4. The molecule has 0 saturated carbocycles. The van der Waals surface area contributed by atoms with Gasteiger partial charge in [-0.15, -0.1) is 10.2 Å². The summed E-state index contributed by atoms with van der Waals surface area (Å²) in [6.45, 7) is 9.71. The van der Waals surface area contributed by atoms with Crippen molar-refractivity contribution in [1.82, 2.24) is 25.0 Å². The third-order valence-electron chi connectivity index (χ3n) is 5.76. The van der Waals surface area contributed by atoms with Crippen molar-refractivity contribution >= 4 is 5.91 Å². The summed E-state index contributed by atoms with van der Waals surface area (Å²) in [6.07, 6.45) is 0.858. The Labute approximate surface area is 177 Å². The molecule has 1 aliphatic heterocycles. The van der Waals surface area contributed by atoms with E-state index in [4.69, 9.17) is 0 Å². The molecular weight excluding hydrogens is 374 g/mol. The van der Waals surface area contributed by atoms with Gasteiger partial charge in [-0.25, -0.2) is 0 Å². The Kier molecular flexibility index (Phi) is 5.95. The van der Waals surface area contributed by atoms with Crippen molar-refractivity contribution in [3.63, 3.8) is 0 Å². The topological polar surface area (TPSA) is 63.1 Å². The van der Waals surface area contributed by atoms with E-state index in [1.54, 1.807) is 0 Å². The van der Waals surface area contributed by atoms with Gasteiger partial charge in [-0.2, -0.15) is 0 Å². The second-order valence-corrected chi connectivity index (χ2v) is 8.15. The second-order valence-electron chi connectivity index (χ2n) is 8.15. The van der Waals surface area contributed by atoms with Crippen molar-refractivity contribution in [2.75, 3.05) is 13.1 Å². The van der Waals surface area contributed by atoms with Gasteiger partial charge >= 0.3 is 0 Å². The summed E-state index contributed by atoms with van der Waals surface area (Å²) in [5.41, 5.74) is 4.30. The molecule has 30 heavy (non-hydrogen) atoms. The Hall–Kier alpha value is -2.99. The first-order valence-corrected chi connectivity index (χ1v) is 10.6. The summed E-state index contributed by atoms with van der Waals surface area (Å²) in [4.78, 5) is 15.2. The fraction of sp³-hybridized carbons (Fsp3) is 0.375. The molecule has 0 radical (unpaired) electrons. The van der Waals surface area contributed by atoms with Gasteiger partial charge in [0, 0.05) is 38.2 Å². The highest BCUT2D eigenvalue weighted by molar-refractivity contribution is 5.95. The monoisotopic (exact) mass is 403 g/mol. The number of fused-ring (bicyclic) bond motifs is 1. The molecule has 1 atom stereocenters. The molecule has 0 bridgehead atoms. The first-order chi connectivity index (χ1) is 14.5. The maximum Gasteiger partial charge on any atom is 0.252 e. The van der Waals surface area contributed by atoms with Crippen LogP contribution in [-0.2, 0) is 19.5 Å². The molecule has 1 N–H and O–H groups in total. The fourth-order valence-corrected chi connectivity index (χ4v) is 4.10. The van der Waals surface area contributed by atoms with E-state index < -0.39 is 0 Å². The number of rotatable bonds is 5. The molecule has 6 heteroatoms. The smallest absolute Gasteiger partial charge is 0.252 e. The predicted octanol–water partition coefficient (Wildman–Crippen LogP) is 3.44. The van der Waals surface area contributed by atoms with Crippen LogP contribution in [0.3, 0.4) is 0 Å². The average molecular weight is 404 g/mol. The van der Waals surface area contributed by atoms with Crippen molar-refractivity contribution in [2.24, 2.45) is 0 Å². The van der Waals surface area contributed by atoms with Crippen LogP contribution in [0.4, 0.5) is 0 Å². The van der Waals surface area contributed by atoms with E-state index in [0.29, 0.717) is 5.56 Å². The Morgan fingerprint density at radius 3 is 2.70 bits per heavy atom. The maximum absolute atomic E-state index is 12.7. The predicted molar refractivity (Wildman–Crippen MR) is 117 cm³/mol. The number of amides is 1. The van der Waals surface area contributed by atoms with Crippen LogP contribution in [0.2, 0.25) is 0 Å². The minimum Gasteiger partial charge on any atom is -0.342 e. The van der Waals surface area contributed by atoms with E-state index in [1.165, 1.54) is 11.1 Å². The standard InChI is InChI=1S/C24H29N5O/c1-17-7-6-9-20(15-17)16-28-12-11-22-26-27-23(29(22)14-13-28)19(3)25-24(30)21-10-5-4-8-18(21)2/h4-10,15,19H,11-14,16H2,1-3H3,(H,25,30)/t19-/m0/s1. The quantitative estimate of drug-likeness (QED) is 0.709. The molecule has 4 rings (SSSR count). The lowest BCUT2D eigenvalue weighted by Gasteiger charge is -2.20. The van der Waals surface area contributed by atoms with Gasteiger partial charge in [0.05, 0.1) is 6.04 Å². The van der Waals surface area contributed by atoms with Gasteiger partial charge in [0.15, 0.2) is 5.82 Å². The summed E-state index contributed by atoms with van der Waals surface area (Å²) in [5, 5.41) is 11.9. The number of nitrogens with one attached hydrogen (secondary N) is 1. The van der Waals surface area contributed by atoms with Crippen LogP contribution in [0.25, 0.3) is 0 Å². The first-order valence-electron chi connectivity index (χ1n) is 10.6. The van der Waals surface area contributed by atoms with Gasteiger partial charge in [-0.1, -0.05) is 48.0 Å².